The highest BCUT2D eigenvalue weighted by molar-refractivity contribution is 5.43. The molecule has 142 valence electrons. The molecule has 1 aliphatic heterocycles. The first kappa shape index (κ1) is 19.9. The van der Waals surface area contributed by atoms with E-state index in [0.29, 0.717) is 17.1 Å². The summed E-state index contributed by atoms with van der Waals surface area (Å²) in [6.07, 6.45) is -7.95. The van der Waals surface area contributed by atoms with Crippen molar-refractivity contribution in [2.75, 3.05) is 27.4 Å². The lowest BCUT2D eigenvalue weighted by Gasteiger charge is -2.39. The van der Waals surface area contributed by atoms with E-state index in [4.69, 9.17) is 24.1 Å². The van der Waals surface area contributed by atoms with E-state index in [1.807, 2.05) is 0 Å². The molecule has 1 saturated heterocycles. The number of aliphatic hydroxyl groups is 5. The molecule has 0 spiro atoms. The molecule has 1 heterocycles. The van der Waals surface area contributed by atoms with Gasteiger partial charge in [-0.3, -0.25) is 0 Å². The number of benzene rings is 1. The van der Waals surface area contributed by atoms with Crippen LogP contribution in [0.2, 0.25) is 0 Å². The fourth-order valence-electron chi connectivity index (χ4n) is 2.55. The third kappa shape index (κ3) is 4.39. The SMILES string of the molecule is COc1ccc([C@@H](O)CO[C@@H]2O[C@H](CO)[C@@H](O)[C@H](O)[C@H]2O)cc1OC. The van der Waals surface area contributed by atoms with Crippen LogP contribution in [0.5, 0.6) is 11.5 Å². The summed E-state index contributed by atoms with van der Waals surface area (Å²) in [4.78, 5) is 0. The van der Waals surface area contributed by atoms with Gasteiger partial charge in [0.15, 0.2) is 17.8 Å². The van der Waals surface area contributed by atoms with Crippen molar-refractivity contribution in [3.05, 3.63) is 23.8 Å². The second-order valence-electron chi connectivity index (χ2n) is 5.66. The minimum Gasteiger partial charge on any atom is -0.493 e. The van der Waals surface area contributed by atoms with Gasteiger partial charge in [0.1, 0.15) is 30.5 Å². The molecule has 5 N–H and O–H groups in total. The van der Waals surface area contributed by atoms with Crippen LogP contribution in [0, 0.1) is 0 Å². The van der Waals surface area contributed by atoms with Gasteiger partial charge in [-0.1, -0.05) is 6.07 Å². The third-order valence-corrected chi connectivity index (χ3v) is 4.06. The summed E-state index contributed by atoms with van der Waals surface area (Å²) in [6.45, 7) is -0.804. The summed E-state index contributed by atoms with van der Waals surface area (Å²) >= 11 is 0. The van der Waals surface area contributed by atoms with Crippen molar-refractivity contribution in [3.63, 3.8) is 0 Å². The smallest absolute Gasteiger partial charge is 0.186 e. The van der Waals surface area contributed by atoms with Crippen LogP contribution in [0.15, 0.2) is 18.2 Å². The second-order valence-corrected chi connectivity index (χ2v) is 5.66. The number of methoxy groups -OCH3 is 2. The van der Waals surface area contributed by atoms with Gasteiger partial charge in [0.25, 0.3) is 0 Å². The lowest BCUT2D eigenvalue weighted by Crippen LogP contribution is -2.59. The fraction of sp³-hybridized carbons (Fsp3) is 0.625. The van der Waals surface area contributed by atoms with Gasteiger partial charge in [-0.25, -0.2) is 0 Å². The molecule has 25 heavy (non-hydrogen) atoms. The fourth-order valence-corrected chi connectivity index (χ4v) is 2.55. The molecule has 1 aromatic rings. The molecule has 6 atom stereocenters. The monoisotopic (exact) mass is 360 g/mol. The molecule has 0 aromatic heterocycles. The first-order valence-electron chi connectivity index (χ1n) is 7.75. The van der Waals surface area contributed by atoms with E-state index in [1.54, 1.807) is 18.2 Å². The molecule has 0 radical (unpaired) electrons. The van der Waals surface area contributed by atoms with Gasteiger partial charge < -0.3 is 44.5 Å². The summed E-state index contributed by atoms with van der Waals surface area (Å²) in [5.41, 5.74) is 0.488. The zero-order valence-electron chi connectivity index (χ0n) is 14.0. The summed E-state index contributed by atoms with van der Waals surface area (Å²) < 4.78 is 20.8. The molecular weight excluding hydrogens is 336 g/mol. The Morgan fingerprint density at radius 1 is 1.04 bits per heavy atom. The lowest BCUT2D eigenvalue weighted by atomic mass is 9.99. The molecule has 1 aliphatic rings. The quantitative estimate of drug-likeness (QED) is 0.395. The minimum absolute atomic E-state index is 0.252. The average Bonchev–Trinajstić information content (AvgIpc) is 2.64. The Kier molecular flexibility index (Phi) is 6.96. The van der Waals surface area contributed by atoms with Crippen LogP contribution in [-0.2, 0) is 9.47 Å². The molecule has 0 unspecified atom stereocenters. The van der Waals surface area contributed by atoms with Crippen molar-refractivity contribution >= 4 is 0 Å². The van der Waals surface area contributed by atoms with Crippen molar-refractivity contribution < 1.29 is 44.5 Å². The predicted octanol–water partition coefficient (Wildman–Crippen LogP) is -1.45. The van der Waals surface area contributed by atoms with Gasteiger partial charge in [-0.05, 0) is 17.7 Å². The molecule has 9 heteroatoms. The molecule has 2 rings (SSSR count). The van der Waals surface area contributed by atoms with E-state index in [0.717, 1.165) is 0 Å². The Balaban J connectivity index is 2.00. The Bertz CT molecular complexity index is 550. The molecule has 1 fully saturated rings. The number of aliphatic hydroxyl groups excluding tert-OH is 5. The maximum atomic E-state index is 10.2. The number of hydrogen-bond donors (Lipinski definition) is 5. The van der Waals surface area contributed by atoms with E-state index in [1.165, 1.54) is 14.2 Å². The highest BCUT2D eigenvalue weighted by Gasteiger charge is 2.44. The van der Waals surface area contributed by atoms with Gasteiger partial charge >= 0.3 is 0 Å². The van der Waals surface area contributed by atoms with Crippen LogP contribution in [0.1, 0.15) is 11.7 Å². The van der Waals surface area contributed by atoms with E-state index >= 15 is 0 Å². The lowest BCUT2D eigenvalue weighted by molar-refractivity contribution is -0.304. The summed E-state index contributed by atoms with van der Waals surface area (Å²) in [7, 11) is 2.97. The van der Waals surface area contributed by atoms with Crippen molar-refractivity contribution in [1.82, 2.24) is 0 Å². The van der Waals surface area contributed by atoms with Crippen LogP contribution >= 0.6 is 0 Å². The molecule has 0 saturated carbocycles. The first-order chi connectivity index (χ1) is 11.9. The van der Waals surface area contributed by atoms with Crippen LogP contribution in [0.4, 0.5) is 0 Å². The average molecular weight is 360 g/mol. The van der Waals surface area contributed by atoms with E-state index < -0.39 is 43.4 Å². The van der Waals surface area contributed by atoms with E-state index in [-0.39, 0.29) is 6.61 Å². The molecular formula is C16H24O9. The van der Waals surface area contributed by atoms with E-state index in [9.17, 15) is 20.4 Å². The summed E-state index contributed by atoms with van der Waals surface area (Å²) in [6, 6.07) is 4.84. The maximum absolute atomic E-state index is 10.2. The normalized spacial score (nSPS) is 30.8. The van der Waals surface area contributed by atoms with Crippen LogP contribution in [0.25, 0.3) is 0 Å². The van der Waals surface area contributed by atoms with Gasteiger partial charge in [-0.2, -0.15) is 0 Å². The van der Waals surface area contributed by atoms with Gasteiger partial charge in [0.2, 0.25) is 0 Å². The van der Waals surface area contributed by atoms with Crippen LogP contribution in [-0.4, -0.2) is 83.7 Å². The Morgan fingerprint density at radius 3 is 2.32 bits per heavy atom. The highest BCUT2D eigenvalue weighted by atomic mass is 16.7. The Labute approximate surface area is 145 Å². The highest BCUT2D eigenvalue weighted by Crippen LogP contribution is 2.30. The van der Waals surface area contributed by atoms with Gasteiger partial charge in [-0.15, -0.1) is 0 Å². The number of ether oxygens (including phenoxy) is 4. The van der Waals surface area contributed by atoms with Gasteiger partial charge in [0.05, 0.1) is 27.4 Å². The number of hydrogen-bond acceptors (Lipinski definition) is 9. The van der Waals surface area contributed by atoms with Crippen LogP contribution in [0.3, 0.4) is 0 Å². The Hall–Kier alpha value is -1.46. The molecule has 0 bridgehead atoms. The largest absolute Gasteiger partial charge is 0.493 e. The Morgan fingerprint density at radius 2 is 1.72 bits per heavy atom. The summed E-state index contributed by atoms with van der Waals surface area (Å²) in [5.74, 6) is 0.945. The number of rotatable bonds is 7. The molecule has 9 nitrogen and oxygen atoms in total. The molecule has 0 amide bonds. The molecule has 0 aliphatic carbocycles. The molecule has 1 aromatic carbocycles. The summed E-state index contributed by atoms with van der Waals surface area (Å²) in [5, 5.41) is 48.7. The van der Waals surface area contributed by atoms with Crippen LogP contribution < -0.4 is 9.47 Å². The first-order valence-corrected chi connectivity index (χ1v) is 7.75. The third-order valence-electron chi connectivity index (χ3n) is 4.06. The zero-order chi connectivity index (χ0) is 18.6. The van der Waals surface area contributed by atoms with Crippen molar-refractivity contribution in [2.45, 2.75) is 36.8 Å². The predicted molar refractivity (Wildman–Crippen MR) is 84.2 cm³/mol. The topological polar surface area (TPSA) is 138 Å². The zero-order valence-corrected chi connectivity index (χ0v) is 14.0. The van der Waals surface area contributed by atoms with Crippen molar-refractivity contribution in [2.24, 2.45) is 0 Å². The van der Waals surface area contributed by atoms with E-state index in [2.05, 4.69) is 0 Å². The minimum atomic E-state index is -1.53. The maximum Gasteiger partial charge on any atom is 0.186 e. The standard InChI is InChI=1S/C16H24O9/c1-22-10-4-3-8(5-11(10)23-2)9(18)7-24-16-15(21)14(20)13(19)12(6-17)25-16/h3-5,9,12-21H,6-7H2,1-2H3/t9-,12+,13+,14-,15+,16+/m0/s1. The van der Waals surface area contributed by atoms with Crippen molar-refractivity contribution in [1.29, 1.82) is 0 Å². The second kappa shape index (κ2) is 8.77. The van der Waals surface area contributed by atoms with Crippen molar-refractivity contribution in [3.8, 4) is 11.5 Å². The van der Waals surface area contributed by atoms with Gasteiger partial charge in [0, 0.05) is 0 Å².